The molecule has 1 aromatic carbocycles. The van der Waals surface area contributed by atoms with Gasteiger partial charge >= 0.3 is 0 Å². The van der Waals surface area contributed by atoms with Crippen LogP contribution in [0.15, 0.2) is 51.7 Å². The number of hydrogen-bond acceptors (Lipinski definition) is 4. The van der Waals surface area contributed by atoms with Crippen LogP contribution in [0.25, 0.3) is 0 Å². The fraction of sp³-hybridized carbons (Fsp3) is 0.450. The Morgan fingerprint density at radius 1 is 1.15 bits per heavy atom. The van der Waals surface area contributed by atoms with Crippen LogP contribution in [0.1, 0.15) is 18.0 Å². The number of β-amino-alcohol motifs (C(OH)–C–C–N with tert-alkyl or cyclic N) is 1. The minimum atomic E-state index is -0.532. The summed E-state index contributed by atoms with van der Waals surface area (Å²) in [7, 11) is 0. The largest absolute Gasteiger partial charge is 0.491 e. The number of rotatable bonds is 5. The maximum Gasteiger partial charge on any atom is 0.250 e. The van der Waals surface area contributed by atoms with Gasteiger partial charge in [-0.05, 0) is 42.7 Å². The molecule has 4 rings (SSSR count). The highest BCUT2D eigenvalue weighted by atomic mass is 79.9. The molecule has 0 saturated carbocycles. The lowest BCUT2D eigenvalue weighted by molar-refractivity contribution is 0.0384. The zero-order valence-electron chi connectivity index (χ0n) is 14.6. The van der Waals surface area contributed by atoms with Crippen molar-refractivity contribution in [3.63, 3.8) is 0 Å². The van der Waals surface area contributed by atoms with E-state index in [4.69, 9.17) is 4.74 Å². The number of pyridine rings is 1. The third-order valence-corrected chi connectivity index (χ3v) is 5.81. The molecule has 0 aliphatic carbocycles. The number of piperidine rings is 1. The van der Waals surface area contributed by atoms with Gasteiger partial charge in [-0.2, -0.15) is 0 Å². The minimum absolute atomic E-state index is 0.105. The molecular formula is C20H23BrN2O3. The van der Waals surface area contributed by atoms with Crippen LogP contribution in [0.4, 0.5) is 0 Å². The molecule has 0 spiro atoms. The van der Waals surface area contributed by atoms with E-state index in [1.807, 2.05) is 34.9 Å². The Hall–Kier alpha value is -1.63. The van der Waals surface area contributed by atoms with Crippen molar-refractivity contribution in [2.24, 2.45) is 5.92 Å². The smallest absolute Gasteiger partial charge is 0.250 e. The monoisotopic (exact) mass is 418 g/mol. The van der Waals surface area contributed by atoms with Crippen molar-refractivity contribution >= 4 is 15.9 Å². The van der Waals surface area contributed by atoms with Gasteiger partial charge in [-0.15, -0.1) is 0 Å². The van der Waals surface area contributed by atoms with Gasteiger partial charge < -0.3 is 14.4 Å². The SMILES string of the molecule is O=c1cccc2n1C[C@H]1C[C@@H]2CN(C[C@@H](O)COc2ccc(Br)cc2)C1. The summed E-state index contributed by atoms with van der Waals surface area (Å²) in [5, 5.41) is 10.4. The molecule has 0 unspecified atom stereocenters. The Kier molecular flexibility index (Phi) is 5.16. The maximum absolute atomic E-state index is 12.1. The van der Waals surface area contributed by atoms with Crippen LogP contribution in [0, 0.1) is 5.92 Å². The maximum atomic E-state index is 12.1. The van der Waals surface area contributed by atoms with E-state index in [9.17, 15) is 9.90 Å². The summed E-state index contributed by atoms with van der Waals surface area (Å²) in [6, 6.07) is 13.2. The van der Waals surface area contributed by atoms with Crippen LogP contribution in [0.5, 0.6) is 5.75 Å². The summed E-state index contributed by atoms with van der Waals surface area (Å²) in [6.07, 6.45) is 0.598. The van der Waals surface area contributed by atoms with E-state index in [0.717, 1.165) is 42.0 Å². The van der Waals surface area contributed by atoms with E-state index in [1.54, 1.807) is 6.07 Å². The summed E-state index contributed by atoms with van der Waals surface area (Å²) in [4.78, 5) is 14.4. The van der Waals surface area contributed by atoms with Gasteiger partial charge in [0.2, 0.25) is 0 Å². The van der Waals surface area contributed by atoms with Crippen LogP contribution >= 0.6 is 15.9 Å². The predicted molar refractivity (Wildman–Crippen MR) is 104 cm³/mol. The fourth-order valence-corrected chi connectivity index (χ4v) is 4.48. The zero-order valence-corrected chi connectivity index (χ0v) is 16.1. The first kappa shape index (κ1) is 17.8. The first-order valence-electron chi connectivity index (χ1n) is 9.07. The van der Waals surface area contributed by atoms with Crippen molar-refractivity contribution < 1.29 is 9.84 Å². The minimum Gasteiger partial charge on any atom is -0.491 e. The molecule has 2 aliphatic heterocycles. The topological polar surface area (TPSA) is 54.7 Å². The Balaban J connectivity index is 1.35. The molecule has 138 valence electrons. The van der Waals surface area contributed by atoms with Crippen LogP contribution in [0.3, 0.4) is 0 Å². The first-order valence-corrected chi connectivity index (χ1v) is 9.86. The molecule has 2 aromatic rings. The third kappa shape index (κ3) is 3.87. The second kappa shape index (κ2) is 7.55. The van der Waals surface area contributed by atoms with Crippen LogP contribution in [0.2, 0.25) is 0 Å². The van der Waals surface area contributed by atoms with Gasteiger partial charge in [0, 0.05) is 48.3 Å². The number of fused-ring (bicyclic) bond motifs is 4. The van der Waals surface area contributed by atoms with E-state index in [2.05, 4.69) is 26.9 Å². The van der Waals surface area contributed by atoms with Crippen LogP contribution in [-0.2, 0) is 6.54 Å². The highest BCUT2D eigenvalue weighted by Gasteiger charge is 2.34. The van der Waals surface area contributed by atoms with Gasteiger partial charge in [-0.25, -0.2) is 0 Å². The molecule has 2 bridgehead atoms. The quantitative estimate of drug-likeness (QED) is 0.809. The van der Waals surface area contributed by atoms with Crippen molar-refractivity contribution in [1.82, 2.24) is 9.47 Å². The van der Waals surface area contributed by atoms with E-state index in [1.165, 1.54) is 0 Å². The molecule has 0 radical (unpaired) electrons. The molecule has 26 heavy (non-hydrogen) atoms. The number of likely N-dealkylation sites (tertiary alicyclic amines) is 1. The van der Waals surface area contributed by atoms with E-state index >= 15 is 0 Å². The Morgan fingerprint density at radius 3 is 2.77 bits per heavy atom. The highest BCUT2D eigenvalue weighted by Crippen LogP contribution is 2.34. The molecule has 5 nitrogen and oxygen atoms in total. The van der Waals surface area contributed by atoms with Crippen molar-refractivity contribution in [2.75, 3.05) is 26.2 Å². The average molecular weight is 419 g/mol. The molecule has 3 atom stereocenters. The Morgan fingerprint density at radius 2 is 1.96 bits per heavy atom. The van der Waals surface area contributed by atoms with Gasteiger partial charge in [-0.3, -0.25) is 9.69 Å². The number of aliphatic hydroxyl groups excluding tert-OH is 1. The van der Waals surface area contributed by atoms with E-state index in [-0.39, 0.29) is 12.2 Å². The van der Waals surface area contributed by atoms with E-state index < -0.39 is 6.10 Å². The molecule has 1 aromatic heterocycles. The lowest BCUT2D eigenvalue weighted by Gasteiger charge is -2.43. The number of nitrogens with zero attached hydrogens (tertiary/aromatic N) is 2. The van der Waals surface area contributed by atoms with E-state index in [0.29, 0.717) is 18.4 Å². The van der Waals surface area contributed by atoms with Crippen molar-refractivity contribution in [3.8, 4) is 5.75 Å². The van der Waals surface area contributed by atoms with Crippen LogP contribution < -0.4 is 10.3 Å². The third-order valence-electron chi connectivity index (χ3n) is 5.28. The lowest BCUT2D eigenvalue weighted by Crippen LogP contribution is -2.49. The lowest BCUT2D eigenvalue weighted by atomic mass is 9.83. The highest BCUT2D eigenvalue weighted by molar-refractivity contribution is 9.10. The molecule has 6 heteroatoms. The average Bonchev–Trinajstić information content (AvgIpc) is 2.62. The molecule has 1 fully saturated rings. The molecule has 1 N–H and O–H groups in total. The summed E-state index contributed by atoms with van der Waals surface area (Å²) >= 11 is 3.40. The molecular weight excluding hydrogens is 396 g/mol. The normalized spacial score (nSPS) is 23.3. The molecule has 1 saturated heterocycles. The number of ether oxygens (including phenoxy) is 1. The fourth-order valence-electron chi connectivity index (χ4n) is 4.22. The summed E-state index contributed by atoms with van der Waals surface area (Å²) < 4.78 is 8.63. The van der Waals surface area contributed by atoms with Crippen molar-refractivity contribution in [2.45, 2.75) is 25.0 Å². The molecule has 0 amide bonds. The predicted octanol–water partition coefficient (Wildman–Crippen LogP) is 2.47. The van der Waals surface area contributed by atoms with Gasteiger partial charge in [-0.1, -0.05) is 22.0 Å². The number of hydrogen-bond donors (Lipinski definition) is 1. The summed E-state index contributed by atoms with van der Waals surface area (Å²) in [6.45, 7) is 3.47. The number of aliphatic hydroxyl groups is 1. The Labute approximate surface area is 161 Å². The van der Waals surface area contributed by atoms with Gasteiger partial charge in [0.15, 0.2) is 0 Å². The van der Waals surface area contributed by atoms with Gasteiger partial charge in [0.1, 0.15) is 18.5 Å². The zero-order chi connectivity index (χ0) is 18.1. The second-order valence-corrected chi connectivity index (χ2v) is 8.25. The number of halogens is 1. The van der Waals surface area contributed by atoms with Gasteiger partial charge in [0.05, 0.1) is 0 Å². The molecule has 2 aliphatic rings. The first-order chi connectivity index (χ1) is 12.6. The Bertz CT molecular complexity index is 821. The number of aromatic nitrogens is 1. The second-order valence-electron chi connectivity index (χ2n) is 7.34. The summed E-state index contributed by atoms with van der Waals surface area (Å²) in [5.41, 5.74) is 1.24. The van der Waals surface area contributed by atoms with Gasteiger partial charge in [0.25, 0.3) is 5.56 Å². The molecule has 3 heterocycles. The van der Waals surface area contributed by atoms with Crippen molar-refractivity contribution in [1.29, 1.82) is 0 Å². The number of benzene rings is 1. The summed E-state index contributed by atoms with van der Waals surface area (Å²) in [5.74, 6) is 1.60. The van der Waals surface area contributed by atoms with Crippen LogP contribution in [-0.4, -0.2) is 46.9 Å². The van der Waals surface area contributed by atoms with Crippen molar-refractivity contribution in [3.05, 3.63) is 63.0 Å². The standard InChI is InChI=1S/C20H23BrN2O3/c21-16-4-6-18(7-5-16)26-13-17(24)12-22-9-14-8-15(11-22)19-2-1-3-20(25)23(19)10-14/h1-7,14-15,17,24H,8-13H2/t14-,15+,17+/m0/s1.